The number of aryl methyl sites for hydroxylation is 2. The van der Waals surface area contributed by atoms with Gasteiger partial charge in [-0.1, -0.05) is 79.9 Å². The molecule has 0 spiro atoms. The summed E-state index contributed by atoms with van der Waals surface area (Å²) in [4.78, 5) is 9.40. The van der Waals surface area contributed by atoms with Crippen LogP contribution in [0.3, 0.4) is 0 Å². The van der Waals surface area contributed by atoms with E-state index in [1.807, 2.05) is 179 Å². The second kappa shape index (κ2) is 41.0. The third kappa shape index (κ3) is 24.4. The molecule has 22 heteroatoms. The van der Waals surface area contributed by atoms with Crippen LogP contribution >= 0.6 is 0 Å². The minimum atomic E-state index is -3.72. The molecule has 94 heavy (non-hydrogen) atoms. The summed E-state index contributed by atoms with van der Waals surface area (Å²) in [6.07, 6.45) is 16.8. The van der Waals surface area contributed by atoms with Crippen molar-refractivity contribution in [1.29, 1.82) is 5.39 Å². The van der Waals surface area contributed by atoms with E-state index in [2.05, 4.69) is 149 Å². The number of rotatable bonds is 9. The predicted molar refractivity (Wildman–Crippen MR) is 372 cm³/mol. The van der Waals surface area contributed by atoms with E-state index in [0.29, 0.717) is 11.9 Å². The van der Waals surface area contributed by atoms with Gasteiger partial charge in [0, 0.05) is 139 Å². The van der Waals surface area contributed by atoms with Crippen LogP contribution in [-0.4, -0.2) is 73.2 Å². The molecule has 0 saturated carbocycles. The molecule has 0 atom stereocenters. The summed E-state index contributed by atoms with van der Waals surface area (Å²) in [5, 5.41) is 40.9. The number of aliphatic hydroxyl groups excluding tert-OH is 1. The topological polar surface area (TPSA) is 257 Å². The summed E-state index contributed by atoms with van der Waals surface area (Å²) in [5.41, 5.74) is 18.3. The zero-order valence-electron chi connectivity index (χ0n) is 54.3. The Balaban J connectivity index is 0.000000402. The van der Waals surface area contributed by atoms with Gasteiger partial charge in [0.1, 0.15) is 18.5 Å². The molecule has 0 saturated heterocycles. The Morgan fingerprint density at radius 1 is 0.596 bits per heavy atom. The summed E-state index contributed by atoms with van der Waals surface area (Å²) in [5.74, 6) is 1.66. The smallest absolute Gasteiger partial charge is 1.00 e. The molecule has 12 rings (SSSR count). The molecule has 3 aliphatic rings. The zero-order valence-corrected chi connectivity index (χ0v) is 57.9. The van der Waals surface area contributed by atoms with E-state index in [9.17, 15) is 8.42 Å². The number of allylic oxidation sites excluding steroid dienone is 6. The molecule has 0 amide bonds. The van der Waals surface area contributed by atoms with E-state index in [1.165, 1.54) is 39.0 Å². The molecule has 0 radical (unpaired) electrons. The number of halogens is 1. The van der Waals surface area contributed by atoms with E-state index in [4.69, 9.17) is 25.2 Å². The summed E-state index contributed by atoms with van der Waals surface area (Å²) in [6, 6.07) is 65.8. The number of diazo groups is 1. The second-order valence-electron chi connectivity index (χ2n) is 20.0. The Labute approximate surface area is 579 Å². The van der Waals surface area contributed by atoms with Crippen molar-refractivity contribution in [1.82, 2.24) is 0 Å². The molecule has 1 aromatic heterocycles. The molecular formula is C72H78ClN10NaO9S. The number of aromatic nitrogens is 1. The molecule has 0 unspecified atom stereocenters. The Kier molecular flexibility index (Phi) is 35.0. The number of pyridine rings is 1. The van der Waals surface area contributed by atoms with Crippen LogP contribution in [0.25, 0.3) is 32.6 Å². The Morgan fingerprint density at radius 3 is 1.37 bits per heavy atom. The van der Waals surface area contributed by atoms with Crippen LogP contribution in [0.1, 0.15) is 22.3 Å². The van der Waals surface area contributed by atoms with Crippen LogP contribution in [0.4, 0.5) is 51.2 Å². The van der Waals surface area contributed by atoms with Crippen molar-refractivity contribution in [3.63, 3.8) is 0 Å². The van der Waals surface area contributed by atoms with Crippen LogP contribution < -0.4 is 86.6 Å². The van der Waals surface area contributed by atoms with Crippen LogP contribution in [0.5, 0.6) is 11.5 Å². The monoisotopic (exact) mass is 1320 g/mol. The molecule has 9 aromatic rings. The van der Waals surface area contributed by atoms with Crippen LogP contribution in [0, 0.1) is 12.3 Å². The van der Waals surface area contributed by atoms with Gasteiger partial charge in [-0.25, -0.2) is 13.0 Å². The van der Waals surface area contributed by atoms with E-state index in [1.54, 1.807) is 32.6 Å². The maximum Gasteiger partial charge on any atom is 1.00 e. The van der Waals surface area contributed by atoms with Gasteiger partial charge in [-0.15, -0.1) is 0 Å². The van der Waals surface area contributed by atoms with E-state index in [-0.39, 0.29) is 52.9 Å². The average Bonchev–Trinajstić information content (AvgIpc) is 0.916. The quantitative estimate of drug-likeness (QED) is 0.0305. The molecular weight excluding hydrogens is 1240 g/mol. The van der Waals surface area contributed by atoms with Gasteiger partial charge in [0.2, 0.25) is 10.9 Å². The fourth-order valence-electron chi connectivity index (χ4n) is 8.92. The number of benzene rings is 8. The molecule has 19 nitrogen and oxygen atoms in total. The number of para-hydroxylation sites is 4. The average molecular weight is 1320 g/mol. The number of methoxy groups -OCH3 is 2. The first kappa shape index (κ1) is 80.4. The Bertz CT molecular complexity index is 4060. The van der Waals surface area contributed by atoms with Crippen LogP contribution in [-0.2, 0) is 21.5 Å². The summed E-state index contributed by atoms with van der Waals surface area (Å²) in [7, 11) is 8.78. The van der Waals surface area contributed by atoms with Gasteiger partial charge in [0.05, 0.1) is 32.4 Å². The van der Waals surface area contributed by atoms with Gasteiger partial charge < -0.3 is 72.9 Å². The summed E-state index contributed by atoms with van der Waals surface area (Å²) < 4.78 is 34.0. The minimum Gasteiger partial charge on any atom is -1.00 e. The number of azo groups is 1. The van der Waals surface area contributed by atoms with E-state index in [0.717, 1.165) is 75.0 Å². The molecule has 484 valence electrons. The Morgan fingerprint density at radius 2 is 0.968 bits per heavy atom. The van der Waals surface area contributed by atoms with Gasteiger partial charge in [-0.3, -0.25) is 0 Å². The first-order valence-corrected chi connectivity index (χ1v) is 30.0. The fourth-order valence-corrected chi connectivity index (χ4v) is 8.92. The largest absolute Gasteiger partial charge is 1.00 e. The number of nitrogens with zero attached hydrogens (tertiary/aromatic N) is 8. The number of nitrogens with one attached hydrogen (secondary N) is 2. The fraction of sp³-hybridized carbons (Fsp3) is 0.125. The number of ether oxygens (including phenoxy) is 2. The maximum atomic E-state index is 9.47. The molecule has 8 aromatic carbocycles. The van der Waals surface area contributed by atoms with Gasteiger partial charge >= 0.3 is 35.2 Å². The van der Waals surface area contributed by atoms with Crippen molar-refractivity contribution in [3.8, 4) is 11.5 Å². The standard InChI is InChI=1S/C24H22N4O.C13H12N3O.C11H12N.2C11H11N.CH4O4S.CH4O.ClH.Na.2H2O/c1-28-16-15-18(23-5-3-4-6-24(23)28)17-25-27-21-9-7-19(8-10-21)26-20-11-13-22(29-2)14-12-20;1-17-13-8-6-11(7-9-13)15-10-2-4-12(16-14)5-3-10;3*1-9-7-8-12(2)11-6-4-3-5-10(9)11;1-6(3,4)5-2;1-2;;;;/h3-17,26H,1-2H3;2-9,15H,1H3;3-8H,1-2H3;2*3-8H,1H2,2H3;2H,1H3;2H,1H3;1H;;2*1H2/q;2*+1;;;;;;+1;;/p-3/b18-17+,27-25?;;;;;;;;;;. The van der Waals surface area contributed by atoms with Gasteiger partial charge in [-0.05, 0) is 151 Å². The first-order chi connectivity index (χ1) is 43.5. The maximum absolute atomic E-state index is 9.47. The molecule has 4 heterocycles. The van der Waals surface area contributed by atoms with Crippen LogP contribution in [0.2, 0.25) is 0 Å². The van der Waals surface area contributed by atoms with Gasteiger partial charge in [-0.2, -0.15) is 10.2 Å². The van der Waals surface area contributed by atoms with E-state index < -0.39 is 10.1 Å². The van der Waals surface area contributed by atoms with Crippen molar-refractivity contribution in [2.75, 3.05) is 74.1 Å². The molecule has 3 aliphatic heterocycles. The SMILES string of the molecule is C=C1C=CN(C)c2ccccc21.C=C1C=CN(C)c2ccccc21.CO.COc1ccc(Nc2ccc(N=N/C=C3\C=CN(C)c4ccccc43)cc2)cc1.COc1ccc(Nc2ccc([N+]#N)cc2)cc1.CS(=O)(=O)O[O-].Cc1cc[n+](C)c2ccccc12.O.[Cl-].[Na+].[OH-]. The number of hydrogen-bond acceptors (Lipinski definition) is 16. The third-order valence-corrected chi connectivity index (χ3v) is 13.9. The molecule has 0 fully saturated rings. The summed E-state index contributed by atoms with van der Waals surface area (Å²) in [6.45, 7) is 10.1. The third-order valence-electron chi connectivity index (χ3n) is 13.7. The summed E-state index contributed by atoms with van der Waals surface area (Å²) >= 11 is 0. The molecule has 0 bridgehead atoms. The number of aliphatic hydroxyl groups is 1. The number of hydrogen-bond donors (Lipinski definition) is 3. The van der Waals surface area contributed by atoms with Gasteiger partial charge in [0.25, 0.3) is 10.1 Å². The van der Waals surface area contributed by atoms with Crippen molar-refractivity contribution in [2.24, 2.45) is 17.3 Å². The predicted octanol–water partition coefficient (Wildman–Crippen LogP) is 8.60. The minimum absolute atomic E-state index is 0. The zero-order chi connectivity index (χ0) is 65.0. The second-order valence-corrected chi connectivity index (χ2v) is 21.5. The number of fused-ring (bicyclic) bond motifs is 4. The van der Waals surface area contributed by atoms with Crippen LogP contribution in [0.15, 0.2) is 273 Å². The Hall–Kier alpha value is -9.73. The van der Waals surface area contributed by atoms with Gasteiger partial charge in [0.15, 0.2) is 11.2 Å². The van der Waals surface area contributed by atoms with Crippen molar-refractivity contribution < 1.29 is 90.1 Å². The van der Waals surface area contributed by atoms with Crippen molar-refractivity contribution >= 4 is 88.9 Å². The first-order valence-electron chi connectivity index (χ1n) is 28.1. The normalized spacial score (nSPS) is 12.0. The molecule has 0 aliphatic carbocycles. The molecule has 6 N–H and O–H groups in total. The van der Waals surface area contributed by atoms with E-state index >= 15 is 0 Å². The van der Waals surface area contributed by atoms with Crippen molar-refractivity contribution in [2.45, 2.75) is 6.92 Å². The van der Waals surface area contributed by atoms with Crippen molar-refractivity contribution in [3.05, 3.63) is 290 Å². The number of anilines is 7.